The van der Waals surface area contributed by atoms with Crippen LogP contribution in [0.5, 0.6) is 0 Å². The van der Waals surface area contributed by atoms with Crippen LogP contribution in [0, 0.1) is 5.92 Å². The van der Waals surface area contributed by atoms with E-state index in [0.29, 0.717) is 11.7 Å². The van der Waals surface area contributed by atoms with Crippen LogP contribution in [0.25, 0.3) is 0 Å². The van der Waals surface area contributed by atoms with Crippen LogP contribution in [0.15, 0.2) is 0 Å². The molecule has 0 heterocycles. The molecule has 0 spiro atoms. The second kappa shape index (κ2) is 11.2. The van der Waals surface area contributed by atoms with Crippen LogP contribution in [0.3, 0.4) is 0 Å². The molecule has 3 nitrogen and oxygen atoms in total. The first-order valence-corrected chi connectivity index (χ1v) is 7.21. The number of rotatable bonds is 8. The van der Waals surface area contributed by atoms with Crippen molar-refractivity contribution in [2.45, 2.75) is 39.7 Å². The monoisotopic (exact) mass is 282 g/mol. The Hall–Kier alpha value is 0.0700. The molecule has 104 valence electrons. The average Bonchev–Trinajstić information content (AvgIpc) is 2.25. The van der Waals surface area contributed by atoms with Crippen LogP contribution in [0.4, 0.5) is 0 Å². The van der Waals surface area contributed by atoms with Crippen molar-refractivity contribution in [3.63, 3.8) is 0 Å². The van der Waals surface area contributed by atoms with E-state index in [-0.39, 0.29) is 24.4 Å². The van der Waals surface area contributed by atoms with E-state index < -0.39 is 0 Å². The molecule has 0 aliphatic carbocycles. The third-order valence-electron chi connectivity index (χ3n) is 2.65. The fourth-order valence-corrected chi connectivity index (χ4v) is 2.04. The zero-order chi connectivity index (χ0) is 12.6. The van der Waals surface area contributed by atoms with Crippen LogP contribution in [-0.4, -0.2) is 41.9 Å². The molecular formula is C12H27ClN2OS. The largest absolute Gasteiger partial charge is 0.345 e. The van der Waals surface area contributed by atoms with Gasteiger partial charge in [0, 0.05) is 19.6 Å². The Morgan fingerprint density at radius 2 is 2.00 bits per heavy atom. The summed E-state index contributed by atoms with van der Waals surface area (Å²) in [7, 11) is 1.86. The zero-order valence-corrected chi connectivity index (χ0v) is 13.1. The van der Waals surface area contributed by atoms with Gasteiger partial charge in [-0.15, -0.1) is 12.4 Å². The van der Waals surface area contributed by atoms with Gasteiger partial charge in [0.15, 0.2) is 0 Å². The predicted molar refractivity (Wildman–Crippen MR) is 79.9 cm³/mol. The molecule has 1 amide bonds. The molecule has 1 unspecified atom stereocenters. The summed E-state index contributed by atoms with van der Waals surface area (Å²) in [6.45, 7) is 7.13. The molecule has 2 N–H and O–H groups in total. The minimum absolute atomic E-state index is 0. The first kappa shape index (κ1) is 19.4. The van der Waals surface area contributed by atoms with E-state index in [9.17, 15) is 4.79 Å². The molecule has 0 aromatic carbocycles. The van der Waals surface area contributed by atoms with Crippen LogP contribution < -0.4 is 5.73 Å². The summed E-state index contributed by atoms with van der Waals surface area (Å²) < 4.78 is 0. The van der Waals surface area contributed by atoms with E-state index in [0.717, 1.165) is 25.1 Å². The molecule has 0 aliphatic rings. The molecular weight excluding hydrogens is 256 g/mol. The fourth-order valence-electron chi connectivity index (χ4n) is 1.21. The van der Waals surface area contributed by atoms with Crippen molar-refractivity contribution < 1.29 is 4.79 Å². The minimum atomic E-state index is 0. The van der Waals surface area contributed by atoms with E-state index in [1.54, 1.807) is 16.7 Å². The summed E-state index contributed by atoms with van der Waals surface area (Å²) in [5.41, 5.74) is 5.94. The van der Waals surface area contributed by atoms with Gasteiger partial charge in [-0.05, 0) is 24.5 Å². The maximum atomic E-state index is 11.7. The van der Waals surface area contributed by atoms with Crippen LogP contribution >= 0.6 is 24.2 Å². The Balaban J connectivity index is 0. The summed E-state index contributed by atoms with van der Waals surface area (Å²) in [6, 6.07) is 0.193. The van der Waals surface area contributed by atoms with Crippen LogP contribution in [-0.2, 0) is 4.79 Å². The lowest BCUT2D eigenvalue weighted by molar-refractivity contribution is -0.127. The molecule has 0 bridgehead atoms. The lowest BCUT2D eigenvalue weighted by atomic mass is 10.0. The lowest BCUT2D eigenvalue weighted by Crippen LogP contribution is -2.35. The summed E-state index contributed by atoms with van der Waals surface area (Å²) in [6.07, 6.45) is 2.01. The van der Waals surface area contributed by atoms with Gasteiger partial charge >= 0.3 is 0 Å². The first-order chi connectivity index (χ1) is 7.49. The van der Waals surface area contributed by atoms with Crippen LogP contribution in [0.2, 0.25) is 0 Å². The number of nitrogens with zero attached hydrogens (tertiary/aromatic N) is 1. The first-order valence-electron chi connectivity index (χ1n) is 6.06. The molecule has 0 radical (unpaired) electrons. The maximum absolute atomic E-state index is 11.7. The zero-order valence-electron chi connectivity index (χ0n) is 11.4. The van der Waals surface area contributed by atoms with Crippen molar-refractivity contribution >= 4 is 30.1 Å². The topological polar surface area (TPSA) is 46.3 Å². The van der Waals surface area contributed by atoms with Crippen molar-refractivity contribution in [3.05, 3.63) is 0 Å². The van der Waals surface area contributed by atoms with Crippen LogP contribution in [0.1, 0.15) is 33.6 Å². The number of hydrogen-bond donors (Lipinski definition) is 1. The van der Waals surface area contributed by atoms with Gasteiger partial charge in [0.05, 0.1) is 5.75 Å². The molecule has 0 rings (SSSR count). The quantitative estimate of drug-likeness (QED) is 0.696. The second-order valence-electron chi connectivity index (χ2n) is 4.56. The average molecular weight is 283 g/mol. The molecule has 0 saturated carbocycles. The number of amides is 1. The lowest BCUT2D eigenvalue weighted by Gasteiger charge is -2.21. The van der Waals surface area contributed by atoms with Crippen molar-refractivity contribution in [1.29, 1.82) is 0 Å². The maximum Gasteiger partial charge on any atom is 0.232 e. The highest BCUT2D eigenvalue weighted by Gasteiger charge is 2.12. The highest BCUT2D eigenvalue weighted by molar-refractivity contribution is 7.99. The number of hydrogen-bond acceptors (Lipinski definition) is 3. The van der Waals surface area contributed by atoms with Crippen molar-refractivity contribution in [1.82, 2.24) is 4.90 Å². The molecule has 0 fully saturated rings. The Labute approximate surface area is 116 Å². The molecule has 17 heavy (non-hydrogen) atoms. The molecule has 0 aliphatic heterocycles. The molecule has 1 atom stereocenters. The van der Waals surface area contributed by atoms with E-state index in [1.165, 1.54) is 0 Å². The second-order valence-corrected chi connectivity index (χ2v) is 5.67. The summed E-state index contributed by atoms with van der Waals surface area (Å²) in [4.78, 5) is 13.5. The Bertz CT molecular complexity index is 203. The standard InChI is InChI=1S/C12H26N2OS.ClH/c1-5-8-16-9-12(15)14(4)7-6-11(13)10(2)3;/h10-11H,5-9,13H2,1-4H3;1H. The van der Waals surface area contributed by atoms with Gasteiger partial charge in [-0.25, -0.2) is 0 Å². The number of nitrogens with two attached hydrogens (primary N) is 1. The van der Waals surface area contributed by atoms with Crippen molar-refractivity contribution in [2.75, 3.05) is 25.1 Å². The Morgan fingerprint density at radius 3 is 2.47 bits per heavy atom. The summed E-state index contributed by atoms with van der Waals surface area (Å²) in [5, 5.41) is 0. The molecule has 0 aromatic rings. The summed E-state index contributed by atoms with van der Waals surface area (Å²) >= 11 is 1.71. The third kappa shape index (κ3) is 9.74. The van der Waals surface area contributed by atoms with E-state index in [2.05, 4.69) is 20.8 Å². The van der Waals surface area contributed by atoms with Crippen molar-refractivity contribution in [3.8, 4) is 0 Å². The van der Waals surface area contributed by atoms with Gasteiger partial charge in [-0.2, -0.15) is 11.8 Å². The predicted octanol–water partition coefficient (Wildman–Crippen LogP) is 2.38. The number of thioether (sulfide) groups is 1. The highest BCUT2D eigenvalue weighted by Crippen LogP contribution is 2.06. The van der Waals surface area contributed by atoms with Gasteiger partial charge in [0.1, 0.15) is 0 Å². The number of carbonyl (C=O) groups is 1. The minimum Gasteiger partial charge on any atom is -0.345 e. The van der Waals surface area contributed by atoms with Crippen molar-refractivity contribution in [2.24, 2.45) is 11.7 Å². The molecule has 5 heteroatoms. The normalized spacial score (nSPS) is 12.1. The van der Waals surface area contributed by atoms with Gasteiger partial charge in [-0.1, -0.05) is 20.8 Å². The number of carbonyl (C=O) groups excluding carboxylic acids is 1. The van der Waals surface area contributed by atoms with Gasteiger partial charge in [-0.3, -0.25) is 4.79 Å². The smallest absolute Gasteiger partial charge is 0.232 e. The van der Waals surface area contributed by atoms with Gasteiger partial charge in [0.25, 0.3) is 0 Å². The Morgan fingerprint density at radius 1 is 1.41 bits per heavy atom. The van der Waals surface area contributed by atoms with E-state index >= 15 is 0 Å². The Kier molecular flexibility index (Phi) is 12.8. The van der Waals surface area contributed by atoms with Gasteiger partial charge in [0.2, 0.25) is 5.91 Å². The third-order valence-corrected chi connectivity index (χ3v) is 3.80. The number of halogens is 1. The molecule has 0 saturated heterocycles. The highest BCUT2D eigenvalue weighted by atomic mass is 35.5. The summed E-state index contributed by atoms with van der Waals surface area (Å²) in [5.74, 6) is 2.36. The van der Waals surface area contributed by atoms with Gasteiger partial charge < -0.3 is 10.6 Å². The SMILES string of the molecule is CCCSCC(=O)N(C)CCC(N)C(C)C.Cl. The van der Waals surface area contributed by atoms with E-state index in [4.69, 9.17) is 5.73 Å². The fraction of sp³-hybridized carbons (Fsp3) is 0.917. The molecule has 0 aromatic heterocycles. The van der Waals surface area contributed by atoms with E-state index in [1.807, 2.05) is 7.05 Å².